The van der Waals surface area contributed by atoms with Crippen molar-refractivity contribution in [3.63, 3.8) is 0 Å². The van der Waals surface area contributed by atoms with E-state index in [0.717, 1.165) is 18.4 Å². The summed E-state index contributed by atoms with van der Waals surface area (Å²) in [6.45, 7) is 2.96. The molecule has 0 bridgehead atoms. The van der Waals surface area contributed by atoms with Gasteiger partial charge in [-0.1, -0.05) is 31.6 Å². The lowest BCUT2D eigenvalue weighted by Crippen LogP contribution is -2.61. The molecule has 0 amide bonds. The first-order valence-corrected chi connectivity index (χ1v) is 13.6. The van der Waals surface area contributed by atoms with Gasteiger partial charge in [-0.05, 0) is 68.2 Å². The minimum atomic E-state index is -1.75. The number of esters is 1. The van der Waals surface area contributed by atoms with Crippen LogP contribution in [0.2, 0.25) is 0 Å². The van der Waals surface area contributed by atoms with Crippen molar-refractivity contribution in [1.29, 1.82) is 0 Å². The average Bonchev–Trinajstić information content (AvgIpc) is 3.17. The van der Waals surface area contributed by atoms with Crippen LogP contribution in [0.4, 0.5) is 0 Å². The van der Waals surface area contributed by atoms with Gasteiger partial charge >= 0.3 is 5.97 Å². The molecule has 4 aliphatic rings. The molecule has 3 saturated carbocycles. The molecule has 0 radical (unpaired) electrons. The monoisotopic (exact) mass is 554 g/mol. The van der Waals surface area contributed by atoms with E-state index in [2.05, 4.69) is 16.7 Å². The van der Waals surface area contributed by atoms with E-state index in [1.165, 1.54) is 6.07 Å². The molecule has 40 heavy (non-hydrogen) atoms. The highest BCUT2D eigenvalue weighted by Crippen LogP contribution is 2.67. The molecular formula is C29H34N2O9. The van der Waals surface area contributed by atoms with E-state index >= 15 is 0 Å². The number of hydrogen-bond donors (Lipinski definition) is 2. The highest BCUT2D eigenvalue weighted by atomic mass is 16.9. The Labute approximate surface area is 231 Å². The molecule has 0 spiro atoms. The summed E-state index contributed by atoms with van der Waals surface area (Å²) in [5.74, 6) is -1.42. The second-order valence-electron chi connectivity index (χ2n) is 12.0. The van der Waals surface area contributed by atoms with Gasteiger partial charge in [-0.3, -0.25) is 19.4 Å². The van der Waals surface area contributed by atoms with Crippen molar-refractivity contribution >= 4 is 17.5 Å². The normalized spacial score (nSPS) is 36.1. The van der Waals surface area contributed by atoms with E-state index in [0.29, 0.717) is 12.1 Å². The third-order valence-corrected chi connectivity index (χ3v) is 9.98. The van der Waals surface area contributed by atoms with Crippen molar-refractivity contribution in [2.24, 2.45) is 28.6 Å². The fourth-order valence-corrected chi connectivity index (χ4v) is 8.08. The Morgan fingerprint density at radius 2 is 1.98 bits per heavy atom. The molecule has 0 saturated heterocycles. The maximum absolute atomic E-state index is 13.4. The second-order valence-corrected chi connectivity index (χ2v) is 12.0. The Morgan fingerprint density at radius 3 is 2.73 bits per heavy atom. The lowest BCUT2D eigenvalue weighted by molar-refractivity contribution is -0.763. The number of carbonyl (C=O) groups excluding carboxylic acids is 3. The third kappa shape index (κ3) is 4.64. The number of allylic oxidation sites excluding steroid dienone is 4. The van der Waals surface area contributed by atoms with Crippen LogP contribution in [0, 0.1) is 38.7 Å². The number of ketones is 2. The zero-order valence-corrected chi connectivity index (χ0v) is 22.6. The van der Waals surface area contributed by atoms with Crippen LogP contribution in [0.25, 0.3) is 0 Å². The van der Waals surface area contributed by atoms with Crippen LogP contribution < -0.4 is 0 Å². The standard InChI is InChI=1S/C29H34N2O9/c1-27-10-8-20(32)12-17(27)6-7-21-22-9-11-29(36,28(22,2)14-23(33)26(21)27)24(34)16-39-25(35)13-18-4-3-5-19(30-18)15-40-31(37)38/h3-5,8,10,12,21-23,26,33,36H,6-7,9,11,13-16H2,1-2H3/t21?,22?,23?,26?,27-,28-,29-/m0/s1. The zero-order chi connectivity index (χ0) is 28.9. The number of fused-ring (bicyclic) bond motifs is 5. The second kappa shape index (κ2) is 10.2. The van der Waals surface area contributed by atoms with Crippen molar-refractivity contribution in [3.8, 4) is 0 Å². The molecule has 11 nitrogen and oxygen atoms in total. The average molecular weight is 555 g/mol. The SMILES string of the molecule is C[C@]12C=CC(=O)C=C1CCC1C2C(O)C[C@@]2(C)C1CC[C@]2(O)C(=O)COC(=O)Cc1cccc(CO[N+](=O)[O-])n1. The summed E-state index contributed by atoms with van der Waals surface area (Å²) >= 11 is 0. The van der Waals surface area contributed by atoms with Gasteiger partial charge in [0.05, 0.1) is 23.9 Å². The van der Waals surface area contributed by atoms with E-state index < -0.39 is 46.0 Å². The first-order chi connectivity index (χ1) is 18.9. The lowest BCUT2D eigenvalue weighted by atomic mass is 9.46. The number of aromatic nitrogens is 1. The largest absolute Gasteiger partial charge is 0.457 e. The summed E-state index contributed by atoms with van der Waals surface area (Å²) in [4.78, 5) is 56.8. The van der Waals surface area contributed by atoms with Crippen molar-refractivity contribution in [3.05, 3.63) is 63.5 Å². The smallest absolute Gasteiger partial charge is 0.312 e. The van der Waals surface area contributed by atoms with Crippen LogP contribution in [0.1, 0.15) is 57.3 Å². The van der Waals surface area contributed by atoms with Gasteiger partial charge in [-0.2, -0.15) is 0 Å². The van der Waals surface area contributed by atoms with E-state index in [4.69, 9.17) is 4.74 Å². The number of nitrogens with zero attached hydrogens (tertiary/aromatic N) is 2. The number of aliphatic hydroxyl groups is 2. The van der Waals surface area contributed by atoms with Crippen LogP contribution >= 0.6 is 0 Å². The molecule has 0 aliphatic heterocycles. The minimum absolute atomic E-state index is 0.0109. The van der Waals surface area contributed by atoms with Crippen LogP contribution in [-0.4, -0.2) is 56.1 Å². The maximum atomic E-state index is 13.4. The Morgan fingerprint density at radius 1 is 1.23 bits per heavy atom. The van der Waals surface area contributed by atoms with Crippen molar-refractivity contribution in [1.82, 2.24) is 4.98 Å². The van der Waals surface area contributed by atoms with E-state index in [9.17, 15) is 34.7 Å². The number of pyridine rings is 1. The van der Waals surface area contributed by atoms with E-state index in [1.807, 2.05) is 13.0 Å². The Balaban J connectivity index is 1.25. The van der Waals surface area contributed by atoms with Gasteiger partial charge in [0.25, 0.3) is 5.09 Å². The summed E-state index contributed by atoms with van der Waals surface area (Å²) in [7, 11) is 0. The van der Waals surface area contributed by atoms with Crippen molar-refractivity contribution in [2.75, 3.05) is 6.61 Å². The van der Waals surface area contributed by atoms with Gasteiger partial charge in [-0.15, -0.1) is 10.1 Å². The first kappa shape index (κ1) is 28.1. The summed E-state index contributed by atoms with van der Waals surface area (Å²) in [6, 6.07) is 4.65. The summed E-state index contributed by atoms with van der Waals surface area (Å²) in [6.07, 6.45) is 6.68. The molecular weight excluding hydrogens is 520 g/mol. The van der Waals surface area contributed by atoms with Crippen molar-refractivity contribution in [2.45, 2.75) is 70.7 Å². The third-order valence-electron chi connectivity index (χ3n) is 9.98. The molecule has 0 aromatic carbocycles. The molecule has 4 aliphatic carbocycles. The molecule has 214 valence electrons. The van der Waals surface area contributed by atoms with E-state index in [1.54, 1.807) is 24.3 Å². The molecule has 5 rings (SSSR count). The summed E-state index contributed by atoms with van der Waals surface area (Å²) in [5.41, 5.74) is -1.50. The Kier molecular flexibility index (Phi) is 7.16. The quantitative estimate of drug-likeness (QED) is 0.277. The number of hydrogen-bond acceptors (Lipinski definition) is 10. The molecule has 7 atom stereocenters. The van der Waals surface area contributed by atoms with Gasteiger partial charge in [0.15, 0.2) is 12.4 Å². The highest BCUT2D eigenvalue weighted by Gasteiger charge is 2.68. The summed E-state index contributed by atoms with van der Waals surface area (Å²) < 4.78 is 5.24. The zero-order valence-electron chi connectivity index (χ0n) is 22.6. The van der Waals surface area contributed by atoms with E-state index in [-0.39, 0.29) is 55.1 Å². The Hall–Kier alpha value is -3.44. The molecule has 4 unspecified atom stereocenters. The maximum Gasteiger partial charge on any atom is 0.312 e. The number of rotatable bonds is 8. The van der Waals surface area contributed by atoms with Gasteiger partial charge < -0.3 is 19.8 Å². The van der Waals surface area contributed by atoms with Crippen LogP contribution in [0.15, 0.2) is 42.0 Å². The molecule has 2 N–H and O–H groups in total. The molecule has 1 heterocycles. The van der Waals surface area contributed by atoms with Crippen LogP contribution in [0.3, 0.4) is 0 Å². The topological polar surface area (TPSA) is 166 Å². The van der Waals surface area contributed by atoms with Gasteiger partial charge in [-0.25, -0.2) is 0 Å². The predicted octanol–water partition coefficient (Wildman–Crippen LogP) is 2.45. The molecule has 11 heteroatoms. The fraction of sp³-hybridized carbons (Fsp3) is 0.586. The summed E-state index contributed by atoms with van der Waals surface area (Å²) in [5, 5.41) is 32.7. The lowest BCUT2D eigenvalue weighted by Gasteiger charge is -2.59. The van der Waals surface area contributed by atoms with Gasteiger partial charge in [0.1, 0.15) is 12.2 Å². The van der Waals surface area contributed by atoms with Gasteiger partial charge in [0, 0.05) is 16.7 Å². The van der Waals surface area contributed by atoms with Crippen LogP contribution in [0.5, 0.6) is 0 Å². The number of aliphatic hydroxyl groups excluding tert-OH is 1. The first-order valence-electron chi connectivity index (χ1n) is 13.6. The number of ether oxygens (including phenoxy) is 1. The van der Waals surface area contributed by atoms with Crippen LogP contribution in [-0.2, 0) is 37.0 Å². The van der Waals surface area contributed by atoms with Gasteiger partial charge in [0.2, 0.25) is 5.78 Å². The predicted molar refractivity (Wildman–Crippen MR) is 139 cm³/mol. The number of Topliss-reactive ketones (excluding diaryl/α,β-unsaturated/α-hetero) is 1. The minimum Gasteiger partial charge on any atom is -0.457 e. The number of carbonyl (C=O) groups is 3. The Bertz CT molecular complexity index is 1310. The molecule has 1 aromatic heterocycles. The molecule has 3 fully saturated rings. The molecule has 1 aromatic rings. The fourth-order valence-electron chi connectivity index (χ4n) is 8.08. The highest BCUT2D eigenvalue weighted by molar-refractivity contribution is 6.01. The van der Waals surface area contributed by atoms with Crippen molar-refractivity contribution < 1.29 is 39.3 Å².